The molecule has 0 aromatic carbocycles. The fourth-order valence-corrected chi connectivity index (χ4v) is 3.39. The second-order valence-corrected chi connectivity index (χ2v) is 6.82. The third kappa shape index (κ3) is 3.88. The third-order valence-electron chi connectivity index (χ3n) is 4.53. The lowest BCUT2D eigenvalue weighted by atomic mass is 10.1. The first-order valence-corrected chi connectivity index (χ1v) is 9.33. The molecule has 3 aromatic heterocycles. The van der Waals surface area contributed by atoms with E-state index in [0.29, 0.717) is 29.3 Å². The van der Waals surface area contributed by atoms with Crippen LogP contribution in [0.15, 0.2) is 12.4 Å². The van der Waals surface area contributed by atoms with Crippen LogP contribution in [0.5, 0.6) is 5.75 Å². The highest BCUT2D eigenvalue weighted by Crippen LogP contribution is 2.29. The Morgan fingerprint density at radius 1 is 1.29 bits per heavy atom. The lowest BCUT2D eigenvalue weighted by Gasteiger charge is -2.13. The smallest absolute Gasteiger partial charge is 0.223 e. The molecule has 146 valence electrons. The lowest BCUT2D eigenvalue weighted by molar-refractivity contribution is 0.405. The molecule has 8 heteroatoms. The SMILES string of the molecule is COc1c(C)ncc(Cn2cc(C#CCCCN)c3c(Cl)nc(N)nc32)c1C. The van der Waals surface area contributed by atoms with E-state index in [0.717, 1.165) is 41.0 Å². The quantitative estimate of drug-likeness (QED) is 0.389. The molecule has 0 unspecified atom stereocenters. The number of anilines is 1. The minimum atomic E-state index is 0.121. The van der Waals surface area contributed by atoms with Crippen molar-refractivity contribution < 1.29 is 4.74 Å². The van der Waals surface area contributed by atoms with E-state index in [-0.39, 0.29) is 5.95 Å². The van der Waals surface area contributed by atoms with E-state index < -0.39 is 0 Å². The number of methoxy groups -OCH3 is 1. The van der Waals surface area contributed by atoms with Crippen molar-refractivity contribution in [3.05, 3.63) is 39.9 Å². The summed E-state index contributed by atoms with van der Waals surface area (Å²) in [5, 5.41) is 0.988. The second-order valence-electron chi connectivity index (χ2n) is 6.46. The van der Waals surface area contributed by atoms with Crippen molar-refractivity contribution in [3.63, 3.8) is 0 Å². The fraction of sp³-hybridized carbons (Fsp3) is 0.350. The van der Waals surface area contributed by atoms with Crippen molar-refractivity contribution in [3.8, 4) is 17.6 Å². The number of unbranched alkanes of at least 4 members (excludes halogenated alkanes) is 1. The number of aromatic nitrogens is 4. The predicted octanol–water partition coefficient (Wildman–Crippen LogP) is 2.83. The van der Waals surface area contributed by atoms with Crippen LogP contribution in [0.2, 0.25) is 5.15 Å². The van der Waals surface area contributed by atoms with Gasteiger partial charge < -0.3 is 20.8 Å². The summed E-state index contributed by atoms with van der Waals surface area (Å²) in [6, 6.07) is 0. The van der Waals surface area contributed by atoms with Gasteiger partial charge in [-0.3, -0.25) is 4.98 Å². The maximum atomic E-state index is 6.36. The number of hydrogen-bond acceptors (Lipinski definition) is 6. The number of ether oxygens (including phenoxy) is 1. The summed E-state index contributed by atoms with van der Waals surface area (Å²) in [6.07, 6.45) is 5.33. The number of rotatable bonds is 5. The molecule has 7 nitrogen and oxygen atoms in total. The van der Waals surface area contributed by atoms with Gasteiger partial charge in [-0.25, -0.2) is 4.98 Å². The van der Waals surface area contributed by atoms with Crippen LogP contribution in [-0.4, -0.2) is 33.2 Å². The Hall–Kier alpha value is -2.82. The van der Waals surface area contributed by atoms with Gasteiger partial charge in [-0.05, 0) is 37.9 Å². The van der Waals surface area contributed by atoms with Crippen LogP contribution in [0.25, 0.3) is 11.0 Å². The zero-order valence-electron chi connectivity index (χ0n) is 16.2. The Labute approximate surface area is 169 Å². The van der Waals surface area contributed by atoms with E-state index in [9.17, 15) is 0 Å². The number of nitrogens with two attached hydrogens (primary N) is 2. The number of hydrogen-bond donors (Lipinski definition) is 2. The Bertz CT molecular complexity index is 1080. The van der Waals surface area contributed by atoms with Crippen LogP contribution in [0.3, 0.4) is 0 Å². The van der Waals surface area contributed by atoms with Crippen LogP contribution in [-0.2, 0) is 6.54 Å². The molecule has 0 fully saturated rings. The summed E-state index contributed by atoms with van der Waals surface area (Å²) >= 11 is 6.36. The lowest BCUT2D eigenvalue weighted by Crippen LogP contribution is -2.06. The molecule has 0 spiro atoms. The molecule has 0 aliphatic carbocycles. The van der Waals surface area contributed by atoms with Gasteiger partial charge in [0, 0.05) is 18.8 Å². The average Bonchev–Trinajstić information content (AvgIpc) is 2.99. The summed E-state index contributed by atoms with van der Waals surface area (Å²) in [4.78, 5) is 12.9. The van der Waals surface area contributed by atoms with Gasteiger partial charge in [0.1, 0.15) is 16.5 Å². The van der Waals surface area contributed by atoms with Gasteiger partial charge in [0.15, 0.2) is 0 Å². The number of nitrogen functional groups attached to an aromatic ring is 1. The first kappa shape index (κ1) is 19.9. The minimum Gasteiger partial charge on any atom is -0.495 e. The maximum Gasteiger partial charge on any atom is 0.223 e. The molecule has 3 aromatic rings. The highest BCUT2D eigenvalue weighted by atomic mass is 35.5. The first-order chi connectivity index (χ1) is 13.5. The Morgan fingerprint density at radius 3 is 2.79 bits per heavy atom. The number of pyridine rings is 1. The van der Waals surface area contributed by atoms with Crippen molar-refractivity contribution in [2.75, 3.05) is 19.4 Å². The van der Waals surface area contributed by atoms with Crippen molar-refractivity contribution in [2.24, 2.45) is 5.73 Å². The van der Waals surface area contributed by atoms with Crippen LogP contribution in [0.4, 0.5) is 5.95 Å². The molecule has 3 heterocycles. The first-order valence-electron chi connectivity index (χ1n) is 8.96. The molecule has 3 rings (SSSR count). The minimum absolute atomic E-state index is 0.121. The molecular formula is C20H23ClN6O. The molecular weight excluding hydrogens is 376 g/mol. The van der Waals surface area contributed by atoms with Crippen molar-refractivity contribution >= 4 is 28.6 Å². The van der Waals surface area contributed by atoms with Crippen LogP contribution < -0.4 is 16.2 Å². The van der Waals surface area contributed by atoms with Crippen LogP contribution in [0.1, 0.15) is 35.2 Å². The number of nitrogens with zero attached hydrogens (tertiary/aromatic N) is 4. The third-order valence-corrected chi connectivity index (χ3v) is 4.80. The molecule has 4 N–H and O–H groups in total. The summed E-state index contributed by atoms with van der Waals surface area (Å²) in [5.74, 6) is 7.19. The van der Waals surface area contributed by atoms with E-state index in [1.165, 1.54) is 0 Å². The van der Waals surface area contributed by atoms with Gasteiger partial charge in [-0.15, -0.1) is 0 Å². The average molecular weight is 399 g/mol. The summed E-state index contributed by atoms with van der Waals surface area (Å²) in [5.41, 5.74) is 15.7. The van der Waals surface area contributed by atoms with Crippen LogP contribution >= 0.6 is 11.6 Å². The normalized spacial score (nSPS) is 10.8. The number of fused-ring (bicyclic) bond motifs is 1. The van der Waals surface area contributed by atoms with E-state index in [4.69, 9.17) is 27.8 Å². The Balaban J connectivity index is 2.10. The molecule has 0 bridgehead atoms. The molecule has 0 aliphatic heterocycles. The second kappa shape index (κ2) is 8.46. The molecule has 0 radical (unpaired) electrons. The van der Waals surface area contributed by atoms with Crippen molar-refractivity contribution in [1.29, 1.82) is 0 Å². The molecule has 28 heavy (non-hydrogen) atoms. The Kier molecular flexibility index (Phi) is 6.02. The van der Waals surface area contributed by atoms with Gasteiger partial charge in [-0.1, -0.05) is 23.4 Å². The number of halogens is 1. The van der Waals surface area contributed by atoms with Crippen LogP contribution in [0, 0.1) is 25.7 Å². The molecule has 0 saturated heterocycles. The van der Waals surface area contributed by atoms with E-state index in [1.807, 2.05) is 30.8 Å². The molecule has 0 aliphatic rings. The van der Waals surface area contributed by atoms with Gasteiger partial charge in [0.2, 0.25) is 5.95 Å². The molecule has 0 saturated carbocycles. The van der Waals surface area contributed by atoms with Gasteiger partial charge in [-0.2, -0.15) is 4.98 Å². The maximum absolute atomic E-state index is 6.36. The monoisotopic (exact) mass is 398 g/mol. The predicted molar refractivity (Wildman–Crippen MR) is 111 cm³/mol. The van der Waals surface area contributed by atoms with Gasteiger partial charge >= 0.3 is 0 Å². The highest BCUT2D eigenvalue weighted by molar-refractivity contribution is 6.34. The number of aryl methyl sites for hydroxylation is 1. The summed E-state index contributed by atoms with van der Waals surface area (Å²) in [7, 11) is 1.65. The molecule has 0 amide bonds. The van der Waals surface area contributed by atoms with Crippen molar-refractivity contribution in [2.45, 2.75) is 33.2 Å². The summed E-state index contributed by atoms with van der Waals surface area (Å²) < 4.78 is 7.45. The molecule has 0 atom stereocenters. The zero-order valence-corrected chi connectivity index (χ0v) is 17.0. The van der Waals surface area contributed by atoms with Crippen molar-refractivity contribution in [1.82, 2.24) is 19.5 Å². The highest BCUT2D eigenvalue weighted by Gasteiger charge is 2.16. The zero-order chi connectivity index (χ0) is 20.3. The standard InChI is InChI=1S/C20H23ClN6O/c1-12-15(9-24-13(2)17(12)28-3)11-27-10-14(7-5-4-6-8-22)16-18(21)25-20(23)26-19(16)27/h9-10H,4,6,8,11,22H2,1-3H3,(H2,23,25,26). The van der Waals surface area contributed by atoms with E-state index in [1.54, 1.807) is 7.11 Å². The summed E-state index contributed by atoms with van der Waals surface area (Å²) in [6.45, 7) is 5.07. The topological polar surface area (TPSA) is 105 Å². The largest absolute Gasteiger partial charge is 0.495 e. The fourth-order valence-electron chi connectivity index (χ4n) is 3.11. The van der Waals surface area contributed by atoms with E-state index >= 15 is 0 Å². The van der Waals surface area contributed by atoms with Gasteiger partial charge in [0.25, 0.3) is 0 Å². The van der Waals surface area contributed by atoms with Gasteiger partial charge in [0.05, 0.1) is 30.3 Å². The Morgan fingerprint density at radius 2 is 2.07 bits per heavy atom. The van der Waals surface area contributed by atoms with E-state index in [2.05, 4.69) is 26.8 Å².